The molecule has 1 amide bonds. The monoisotopic (exact) mass is 377 g/mol. The van der Waals surface area contributed by atoms with Gasteiger partial charge in [-0.25, -0.2) is 18.3 Å². The minimum absolute atomic E-state index is 0.0704. The van der Waals surface area contributed by atoms with Crippen molar-refractivity contribution in [1.82, 2.24) is 14.6 Å². The smallest absolute Gasteiger partial charge is 0.296 e. The van der Waals surface area contributed by atoms with Gasteiger partial charge in [0.25, 0.3) is 18.0 Å². The minimum atomic E-state index is -2.81. The maximum absolute atomic E-state index is 13.2. The molecule has 0 bridgehead atoms. The number of alkyl halides is 2. The molecule has 11 heteroatoms. The van der Waals surface area contributed by atoms with Crippen molar-refractivity contribution in [2.45, 2.75) is 13.3 Å². The van der Waals surface area contributed by atoms with E-state index in [-0.39, 0.29) is 34.0 Å². The van der Waals surface area contributed by atoms with Crippen LogP contribution in [0, 0.1) is 17.0 Å². The summed E-state index contributed by atoms with van der Waals surface area (Å²) in [6.45, 7) is 1.51. The Morgan fingerprint density at radius 1 is 1.37 bits per heavy atom. The van der Waals surface area contributed by atoms with E-state index in [9.17, 15) is 23.7 Å². The molecular weight excluding hydrogens is 364 g/mol. The molecule has 1 N–H and O–H groups in total. The number of aryl methyl sites for hydroxylation is 1. The van der Waals surface area contributed by atoms with Crippen molar-refractivity contribution < 1.29 is 23.2 Å². The lowest BCUT2D eigenvalue weighted by Gasteiger charge is -2.08. The second-order valence-corrected chi connectivity index (χ2v) is 5.51. The summed E-state index contributed by atoms with van der Waals surface area (Å²) < 4.78 is 32.1. The topological polar surface area (TPSA) is 112 Å². The van der Waals surface area contributed by atoms with E-state index in [4.69, 9.17) is 4.74 Å². The quantitative estimate of drug-likeness (QED) is 0.540. The van der Waals surface area contributed by atoms with Crippen molar-refractivity contribution in [3.05, 3.63) is 57.5 Å². The third-order valence-electron chi connectivity index (χ3n) is 3.75. The van der Waals surface area contributed by atoms with Crippen molar-refractivity contribution in [2.75, 3.05) is 12.4 Å². The molecule has 0 unspecified atom stereocenters. The Kier molecular flexibility index (Phi) is 4.67. The molecule has 9 nitrogen and oxygen atoms in total. The van der Waals surface area contributed by atoms with E-state index in [1.165, 1.54) is 32.2 Å². The number of nitrogens with zero attached hydrogens (tertiary/aromatic N) is 4. The van der Waals surface area contributed by atoms with E-state index in [0.29, 0.717) is 0 Å². The van der Waals surface area contributed by atoms with Gasteiger partial charge in [-0.1, -0.05) is 0 Å². The van der Waals surface area contributed by atoms with E-state index in [0.717, 1.165) is 16.8 Å². The van der Waals surface area contributed by atoms with Gasteiger partial charge >= 0.3 is 0 Å². The third kappa shape index (κ3) is 3.38. The fourth-order valence-corrected chi connectivity index (χ4v) is 2.51. The number of rotatable bonds is 5. The van der Waals surface area contributed by atoms with E-state index < -0.39 is 22.9 Å². The standard InChI is InChI=1S/C16H13F2N5O4/c1-8-5-13(14(17)18)22-15(20-8)10(7-19-22)16(24)21-11-4-3-9(27-2)6-12(11)23(25)26/h3-7,14H,1-2H3,(H,21,24). The zero-order valence-electron chi connectivity index (χ0n) is 14.1. The minimum Gasteiger partial charge on any atom is -0.496 e. The molecule has 0 fully saturated rings. The van der Waals surface area contributed by atoms with E-state index in [2.05, 4.69) is 15.4 Å². The number of halogens is 2. The highest BCUT2D eigenvalue weighted by atomic mass is 19.3. The van der Waals surface area contributed by atoms with Gasteiger partial charge in [-0.05, 0) is 25.1 Å². The highest BCUT2D eigenvalue weighted by molar-refractivity contribution is 6.09. The van der Waals surface area contributed by atoms with Gasteiger partial charge in [-0.15, -0.1) is 0 Å². The molecule has 1 aromatic carbocycles. The molecule has 0 aliphatic rings. The van der Waals surface area contributed by atoms with Gasteiger partial charge < -0.3 is 10.1 Å². The molecule has 0 spiro atoms. The fraction of sp³-hybridized carbons (Fsp3) is 0.188. The first kappa shape index (κ1) is 18.2. The van der Waals surface area contributed by atoms with Crippen molar-refractivity contribution in [1.29, 1.82) is 0 Å². The lowest BCUT2D eigenvalue weighted by atomic mass is 10.2. The predicted molar refractivity (Wildman–Crippen MR) is 90.3 cm³/mol. The molecule has 0 atom stereocenters. The molecule has 2 heterocycles. The summed E-state index contributed by atoms with van der Waals surface area (Å²) in [5, 5.41) is 17.4. The summed E-state index contributed by atoms with van der Waals surface area (Å²) in [5.74, 6) is -0.522. The van der Waals surface area contributed by atoms with Crippen molar-refractivity contribution in [2.24, 2.45) is 0 Å². The maximum Gasteiger partial charge on any atom is 0.296 e. The summed E-state index contributed by atoms with van der Waals surface area (Å²) in [6.07, 6.45) is -1.73. The van der Waals surface area contributed by atoms with E-state index in [1.54, 1.807) is 0 Å². The molecule has 3 rings (SSSR count). The zero-order valence-corrected chi connectivity index (χ0v) is 14.1. The first-order valence-electron chi connectivity index (χ1n) is 7.59. The van der Waals surface area contributed by atoms with Crippen LogP contribution in [0.4, 0.5) is 20.2 Å². The Balaban J connectivity index is 2.02. The number of fused-ring (bicyclic) bond motifs is 1. The summed E-state index contributed by atoms with van der Waals surface area (Å²) >= 11 is 0. The molecule has 0 radical (unpaired) electrons. The number of hydrogen-bond acceptors (Lipinski definition) is 6. The number of nitrogens with one attached hydrogen (secondary N) is 1. The highest BCUT2D eigenvalue weighted by Gasteiger charge is 2.23. The van der Waals surface area contributed by atoms with Gasteiger partial charge in [-0.3, -0.25) is 14.9 Å². The van der Waals surface area contributed by atoms with Gasteiger partial charge in [0.1, 0.15) is 22.7 Å². The summed E-state index contributed by atoms with van der Waals surface area (Å²) in [4.78, 5) is 27.2. The van der Waals surface area contributed by atoms with Gasteiger partial charge in [0.15, 0.2) is 5.65 Å². The number of nitro groups is 1. The predicted octanol–water partition coefficient (Wildman–Crippen LogP) is 3.14. The summed E-state index contributed by atoms with van der Waals surface area (Å²) in [6, 6.07) is 5.07. The average Bonchev–Trinajstić information content (AvgIpc) is 3.04. The lowest BCUT2D eigenvalue weighted by Crippen LogP contribution is -2.14. The Morgan fingerprint density at radius 2 is 2.11 bits per heavy atom. The molecule has 0 aliphatic heterocycles. The first-order valence-corrected chi connectivity index (χ1v) is 7.59. The van der Waals surface area contributed by atoms with Gasteiger partial charge in [0, 0.05) is 5.69 Å². The van der Waals surface area contributed by atoms with Crippen LogP contribution in [0.15, 0.2) is 30.5 Å². The number of anilines is 1. The SMILES string of the molecule is COc1ccc(NC(=O)c2cnn3c(C(F)F)cc(C)nc23)c([N+](=O)[O-])c1. The largest absolute Gasteiger partial charge is 0.496 e. The Hall–Kier alpha value is -3.63. The molecule has 0 aliphatic carbocycles. The molecule has 0 saturated carbocycles. The lowest BCUT2D eigenvalue weighted by molar-refractivity contribution is -0.384. The Labute approximate surface area is 150 Å². The van der Waals surface area contributed by atoms with Crippen LogP contribution in [0.1, 0.15) is 28.2 Å². The van der Waals surface area contributed by atoms with Crippen LogP contribution in [0.2, 0.25) is 0 Å². The van der Waals surface area contributed by atoms with Crippen LogP contribution in [0.3, 0.4) is 0 Å². The summed E-state index contributed by atoms with van der Waals surface area (Å²) in [7, 11) is 1.35. The summed E-state index contributed by atoms with van der Waals surface area (Å²) in [5.41, 5.74) is -0.747. The fourth-order valence-electron chi connectivity index (χ4n) is 2.51. The van der Waals surface area contributed by atoms with Crippen molar-refractivity contribution in [3.63, 3.8) is 0 Å². The highest BCUT2D eigenvalue weighted by Crippen LogP contribution is 2.30. The van der Waals surface area contributed by atoms with Gasteiger partial charge in [0.05, 0.1) is 24.3 Å². The van der Waals surface area contributed by atoms with Crippen molar-refractivity contribution in [3.8, 4) is 5.75 Å². The van der Waals surface area contributed by atoms with Crippen LogP contribution in [0.5, 0.6) is 5.75 Å². The number of nitro benzene ring substituents is 1. The normalized spacial score (nSPS) is 11.0. The van der Waals surface area contributed by atoms with Gasteiger partial charge in [0.2, 0.25) is 0 Å². The number of methoxy groups -OCH3 is 1. The molecule has 27 heavy (non-hydrogen) atoms. The zero-order chi connectivity index (χ0) is 19.7. The molecule has 2 aromatic heterocycles. The number of hydrogen-bond donors (Lipinski definition) is 1. The molecular formula is C16H13F2N5O4. The number of ether oxygens (including phenoxy) is 1. The molecule has 3 aromatic rings. The van der Waals surface area contributed by atoms with E-state index >= 15 is 0 Å². The van der Waals surface area contributed by atoms with Crippen LogP contribution < -0.4 is 10.1 Å². The van der Waals surface area contributed by atoms with Crippen LogP contribution in [-0.4, -0.2) is 32.5 Å². The second kappa shape index (κ2) is 6.94. The Morgan fingerprint density at radius 3 is 2.74 bits per heavy atom. The van der Waals surface area contributed by atoms with Crippen LogP contribution in [-0.2, 0) is 0 Å². The maximum atomic E-state index is 13.2. The van der Waals surface area contributed by atoms with Crippen molar-refractivity contribution >= 4 is 22.9 Å². The third-order valence-corrected chi connectivity index (χ3v) is 3.75. The number of amides is 1. The molecule has 0 saturated heterocycles. The van der Waals surface area contributed by atoms with E-state index in [1.807, 2.05) is 0 Å². The van der Waals surface area contributed by atoms with Crippen LogP contribution >= 0.6 is 0 Å². The Bertz CT molecular complexity index is 1050. The molecule has 140 valence electrons. The number of carbonyl (C=O) groups is 1. The first-order chi connectivity index (χ1) is 12.8. The van der Waals surface area contributed by atoms with Gasteiger partial charge in [-0.2, -0.15) is 5.10 Å². The second-order valence-electron chi connectivity index (χ2n) is 5.51. The average molecular weight is 377 g/mol. The van der Waals surface area contributed by atoms with Crippen LogP contribution in [0.25, 0.3) is 5.65 Å². The number of benzene rings is 1. The number of aromatic nitrogens is 3. The number of carbonyl (C=O) groups excluding carboxylic acids is 1.